The lowest BCUT2D eigenvalue weighted by molar-refractivity contribution is 0.129. The first-order valence-corrected chi connectivity index (χ1v) is 8.72. The van der Waals surface area contributed by atoms with Gasteiger partial charge in [0.25, 0.3) is 0 Å². The second kappa shape index (κ2) is 11.6. The molecule has 0 unspecified atom stereocenters. The summed E-state index contributed by atoms with van der Waals surface area (Å²) >= 11 is 0. The molecule has 2 N–H and O–H groups in total. The number of para-hydroxylation sites is 1. The summed E-state index contributed by atoms with van der Waals surface area (Å²) in [5, 5.41) is 6.53. The van der Waals surface area contributed by atoms with Crippen molar-refractivity contribution in [3.8, 4) is 11.5 Å². The van der Waals surface area contributed by atoms with Crippen LogP contribution in [0.3, 0.4) is 0 Å². The lowest BCUT2D eigenvalue weighted by atomic mass is 10.1. The summed E-state index contributed by atoms with van der Waals surface area (Å²) in [7, 11) is 1.74. The van der Waals surface area contributed by atoms with Crippen molar-refractivity contribution in [1.29, 1.82) is 0 Å². The largest absolute Gasteiger partial charge is 0.490 e. The Morgan fingerprint density at radius 2 is 1.89 bits per heavy atom. The van der Waals surface area contributed by atoms with Crippen molar-refractivity contribution in [3.63, 3.8) is 0 Å². The molecular weight excluding hydrogens is 455 g/mol. The van der Waals surface area contributed by atoms with E-state index in [0.717, 1.165) is 17.1 Å². The molecule has 0 saturated heterocycles. The molecule has 0 bridgehead atoms. The third kappa shape index (κ3) is 8.94. The van der Waals surface area contributed by atoms with Crippen LogP contribution < -0.4 is 20.1 Å². The monoisotopic (exact) mass is 484 g/mol. The van der Waals surface area contributed by atoms with Gasteiger partial charge in [0.2, 0.25) is 0 Å². The molecular formula is C20H29IN4O2. The lowest BCUT2D eigenvalue weighted by Crippen LogP contribution is -2.39. The summed E-state index contributed by atoms with van der Waals surface area (Å²) in [5.74, 6) is 2.35. The zero-order valence-electron chi connectivity index (χ0n) is 16.4. The minimum absolute atomic E-state index is 0. The molecule has 2 aromatic rings. The molecule has 27 heavy (non-hydrogen) atoms. The van der Waals surface area contributed by atoms with Crippen LogP contribution in [0, 0.1) is 0 Å². The lowest BCUT2D eigenvalue weighted by Gasteiger charge is -2.23. The van der Waals surface area contributed by atoms with Crippen LogP contribution in [-0.2, 0) is 6.54 Å². The van der Waals surface area contributed by atoms with Gasteiger partial charge >= 0.3 is 0 Å². The second-order valence-corrected chi connectivity index (χ2v) is 6.71. The Morgan fingerprint density at radius 1 is 1.11 bits per heavy atom. The molecule has 2 rings (SSSR count). The highest BCUT2D eigenvalue weighted by molar-refractivity contribution is 14.0. The molecule has 6 nitrogen and oxygen atoms in total. The number of pyridine rings is 1. The molecule has 1 aromatic heterocycles. The smallest absolute Gasteiger partial charge is 0.191 e. The molecule has 148 valence electrons. The molecule has 0 saturated carbocycles. The van der Waals surface area contributed by atoms with Gasteiger partial charge in [-0.2, -0.15) is 0 Å². The summed E-state index contributed by atoms with van der Waals surface area (Å²) in [6.07, 6.45) is 3.41. The number of nitrogens with zero attached hydrogens (tertiary/aromatic N) is 2. The van der Waals surface area contributed by atoms with Crippen LogP contribution in [0.4, 0.5) is 0 Å². The van der Waals surface area contributed by atoms with Crippen LogP contribution in [0.2, 0.25) is 0 Å². The average Bonchev–Trinajstić information content (AvgIpc) is 2.62. The Labute approximate surface area is 178 Å². The summed E-state index contributed by atoms with van der Waals surface area (Å²) in [6, 6.07) is 11.7. The Bertz CT molecular complexity index is 703. The minimum Gasteiger partial charge on any atom is -0.490 e. The van der Waals surface area contributed by atoms with Gasteiger partial charge in [-0.15, -0.1) is 24.0 Å². The summed E-state index contributed by atoms with van der Waals surface area (Å²) < 4.78 is 11.6. The normalized spacial score (nSPS) is 11.3. The van der Waals surface area contributed by atoms with Gasteiger partial charge in [0.1, 0.15) is 23.7 Å². The molecule has 0 radical (unpaired) electrons. The number of hydrogen-bond donors (Lipinski definition) is 2. The Balaban J connectivity index is 0.00000364. The fraction of sp³-hybridized carbons (Fsp3) is 0.400. The van der Waals surface area contributed by atoms with E-state index in [4.69, 9.17) is 9.47 Å². The molecule has 0 atom stereocenters. The summed E-state index contributed by atoms with van der Waals surface area (Å²) in [4.78, 5) is 8.26. The van der Waals surface area contributed by atoms with Crippen LogP contribution in [0.25, 0.3) is 0 Å². The van der Waals surface area contributed by atoms with Gasteiger partial charge in [-0.3, -0.25) is 9.98 Å². The van der Waals surface area contributed by atoms with E-state index in [2.05, 4.69) is 20.6 Å². The third-order valence-electron chi connectivity index (χ3n) is 3.36. The van der Waals surface area contributed by atoms with Crippen LogP contribution in [0.15, 0.2) is 53.8 Å². The zero-order valence-corrected chi connectivity index (χ0v) is 18.7. The molecule has 0 fully saturated rings. The van der Waals surface area contributed by atoms with E-state index < -0.39 is 0 Å². The first-order valence-electron chi connectivity index (χ1n) is 8.72. The molecule has 7 heteroatoms. The van der Waals surface area contributed by atoms with Crippen molar-refractivity contribution in [2.24, 2.45) is 4.99 Å². The minimum atomic E-state index is -0.236. The number of benzene rings is 1. The van der Waals surface area contributed by atoms with E-state index in [0.29, 0.717) is 25.7 Å². The van der Waals surface area contributed by atoms with Gasteiger partial charge in [-0.25, -0.2) is 0 Å². The van der Waals surface area contributed by atoms with Crippen molar-refractivity contribution < 1.29 is 9.47 Å². The molecule has 1 aromatic carbocycles. The first kappa shape index (κ1) is 23.0. The summed E-state index contributed by atoms with van der Waals surface area (Å²) in [5.41, 5.74) is 0.844. The average molecular weight is 484 g/mol. The fourth-order valence-corrected chi connectivity index (χ4v) is 2.25. The van der Waals surface area contributed by atoms with Gasteiger partial charge in [0.15, 0.2) is 5.96 Å². The topological polar surface area (TPSA) is 67.8 Å². The quantitative estimate of drug-likeness (QED) is 0.272. The number of guanidine groups is 1. The predicted octanol–water partition coefficient (Wildman–Crippen LogP) is 3.62. The van der Waals surface area contributed by atoms with E-state index in [-0.39, 0.29) is 29.6 Å². The maximum Gasteiger partial charge on any atom is 0.191 e. The van der Waals surface area contributed by atoms with Gasteiger partial charge in [0, 0.05) is 25.4 Å². The van der Waals surface area contributed by atoms with E-state index in [1.54, 1.807) is 19.4 Å². The van der Waals surface area contributed by atoms with Crippen LogP contribution >= 0.6 is 24.0 Å². The highest BCUT2D eigenvalue weighted by atomic mass is 127. The Kier molecular flexibility index (Phi) is 9.92. The highest BCUT2D eigenvalue weighted by Crippen LogP contribution is 2.22. The Morgan fingerprint density at radius 3 is 2.56 bits per heavy atom. The van der Waals surface area contributed by atoms with E-state index in [9.17, 15) is 0 Å². The number of aromatic nitrogens is 1. The van der Waals surface area contributed by atoms with Gasteiger partial charge < -0.3 is 20.1 Å². The van der Waals surface area contributed by atoms with Crippen LogP contribution in [0.1, 0.15) is 26.3 Å². The van der Waals surface area contributed by atoms with Crippen molar-refractivity contribution in [3.05, 3.63) is 54.4 Å². The third-order valence-corrected chi connectivity index (χ3v) is 3.36. The van der Waals surface area contributed by atoms with Gasteiger partial charge in [0.05, 0.1) is 12.7 Å². The fourth-order valence-electron chi connectivity index (χ4n) is 2.25. The van der Waals surface area contributed by atoms with Crippen molar-refractivity contribution in [2.45, 2.75) is 32.9 Å². The van der Waals surface area contributed by atoms with Crippen molar-refractivity contribution in [2.75, 3.05) is 20.2 Å². The van der Waals surface area contributed by atoms with Crippen molar-refractivity contribution >= 4 is 29.9 Å². The first-order chi connectivity index (χ1) is 12.5. The van der Waals surface area contributed by atoms with Crippen LogP contribution in [-0.4, -0.2) is 36.7 Å². The second-order valence-electron chi connectivity index (χ2n) is 6.71. The number of aliphatic imine (C=N–C) groups is 1. The molecule has 0 aliphatic carbocycles. The zero-order chi connectivity index (χ0) is 18.8. The van der Waals surface area contributed by atoms with E-state index in [1.807, 2.05) is 57.2 Å². The Hall–Kier alpha value is -2.03. The highest BCUT2D eigenvalue weighted by Gasteiger charge is 2.14. The van der Waals surface area contributed by atoms with Crippen molar-refractivity contribution in [1.82, 2.24) is 15.6 Å². The number of halogens is 1. The maximum absolute atomic E-state index is 6.02. The maximum atomic E-state index is 6.02. The molecule has 0 amide bonds. The van der Waals surface area contributed by atoms with Gasteiger partial charge in [-0.1, -0.05) is 18.2 Å². The van der Waals surface area contributed by atoms with Gasteiger partial charge in [-0.05, 0) is 39.0 Å². The SMILES string of the molecule is CN=C(NCCOc1cccnc1)NCc1ccccc1OC(C)(C)C.I. The number of nitrogens with one attached hydrogen (secondary N) is 2. The van der Waals surface area contributed by atoms with Crippen LogP contribution in [0.5, 0.6) is 11.5 Å². The summed E-state index contributed by atoms with van der Waals surface area (Å²) in [6.45, 7) is 7.90. The van der Waals surface area contributed by atoms with E-state index >= 15 is 0 Å². The van der Waals surface area contributed by atoms with E-state index in [1.165, 1.54) is 0 Å². The number of hydrogen-bond acceptors (Lipinski definition) is 4. The standard InChI is InChI=1S/C20H28N4O2.HI/c1-20(2,3)26-18-10-6-5-8-16(18)14-24-19(21-4)23-12-13-25-17-9-7-11-22-15-17;/h5-11,15H,12-14H2,1-4H3,(H2,21,23,24);1H. The molecule has 1 heterocycles. The molecule has 0 aliphatic rings. The number of rotatable bonds is 7. The predicted molar refractivity (Wildman–Crippen MR) is 120 cm³/mol. The molecule has 0 spiro atoms. The number of ether oxygens (including phenoxy) is 2. The molecule has 0 aliphatic heterocycles.